The maximum Gasteiger partial charge on any atom is 0.255 e. The van der Waals surface area contributed by atoms with E-state index in [9.17, 15) is 15.0 Å². The van der Waals surface area contributed by atoms with Crippen LogP contribution in [0.2, 0.25) is 0 Å². The Morgan fingerprint density at radius 1 is 1.44 bits per heavy atom. The average Bonchev–Trinajstić information content (AvgIpc) is 2.28. The van der Waals surface area contributed by atoms with Gasteiger partial charge in [0.2, 0.25) is 0 Å². The summed E-state index contributed by atoms with van der Waals surface area (Å²) in [6.45, 7) is 1.66. The lowest BCUT2D eigenvalue weighted by molar-refractivity contribution is 0.0912. The number of phenols is 2. The van der Waals surface area contributed by atoms with Gasteiger partial charge in [0.05, 0.1) is 18.2 Å². The molecular weight excluding hydrogens is 210 g/mol. The molecule has 5 nitrogen and oxygen atoms in total. The van der Waals surface area contributed by atoms with Gasteiger partial charge in [0.25, 0.3) is 5.91 Å². The Morgan fingerprint density at radius 3 is 2.69 bits per heavy atom. The third-order valence-electron chi connectivity index (χ3n) is 2.27. The molecule has 88 valence electrons. The zero-order valence-electron chi connectivity index (χ0n) is 8.97. The van der Waals surface area contributed by atoms with Gasteiger partial charge >= 0.3 is 0 Å². The largest absolute Gasteiger partial charge is 0.508 e. The van der Waals surface area contributed by atoms with Crippen LogP contribution in [0.15, 0.2) is 18.2 Å². The molecule has 1 amide bonds. The molecule has 0 saturated heterocycles. The summed E-state index contributed by atoms with van der Waals surface area (Å²) in [7, 11) is 0. The fraction of sp³-hybridized carbons (Fsp3) is 0.364. The van der Waals surface area contributed by atoms with Gasteiger partial charge in [-0.1, -0.05) is 6.92 Å². The predicted molar refractivity (Wildman–Crippen MR) is 58.4 cm³/mol. The number of nitrogens with one attached hydrogen (secondary N) is 1. The van der Waals surface area contributed by atoms with E-state index in [1.54, 1.807) is 0 Å². The van der Waals surface area contributed by atoms with Gasteiger partial charge in [0.15, 0.2) is 0 Å². The van der Waals surface area contributed by atoms with Gasteiger partial charge < -0.3 is 20.6 Å². The second-order valence-corrected chi connectivity index (χ2v) is 3.46. The molecule has 0 aliphatic heterocycles. The Bertz CT molecular complexity index is 374. The molecule has 5 heteroatoms. The summed E-state index contributed by atoms with van der Waals surface area (Å²) >= 11 is 0. The minimum absolute atomic E-state index is 0.00750. The van der Waals surface area contributed by atoms with Gasteiger partial charge in [0, 0.05) is 0 Å². The van der Waals surface area contributed by atoms with E-state index in [0.29, 0.717) is 6.42 Å². The Balaban J connectivity index is 2.83. The Labute approximate surface area is 93.4 Å². The molecule has 0 unspecified atom stereocenters. The molecule has 0 aromatic heterocycles. The van der Waals surface area contributed by atoms with E-state index in [4.69, 9.17) is 5.11 Å². The predicted octanol–water partition coefficient (Wildman–Crippen LogP) is 0.599. The fourth-order valence-electron chi connectivity index (χ4n) is 1.25. The molecule has 4 N–H and O–H groups in total. The van der Waals surface area contributed by atoms with Crippen molar-refractivity contribution in [3.05, 3.63) is 23.8 Å². The first-order valence-corrected chi connectivity index (χ1v) is 5.02. The number of benzene rings is 1. The van der Waals surface area contributed by atoms with Crippen LogP contribution in [0.4, 0.5) is 0 Å². The Morgan fingerprint density at radius 2 is 2.12 bits per heavy atom. The topological polar surface area (TPSA) is 89.8 Å². The van der Waals surface area contributed by atoms with Crippen molar-refractivity contribution in [1.82, 2.24) is 5.32 Å². The maximum absolute atomic E-state index is 11.7. The smallest absolute Gasteiger partial charge is 0.255 e. The zero-order chi connectivity index (χ0) is 12.1. The molecule has 0 bridgehead atoms. The lowest BCUT2D eigenvalue weighted by Gasteiger charge is -2.14. The fourth-order valence-corrected chi connectivity index (χ4v) is 1.25. The summed E-state index contributed by atoms with van der Waals surface area (Å²) < 4.78 is 0. The highest BCUT2D eigenvalue weighted by atomic mass is 16.3. The van der Waals surface area contributed by atoms with Crippen LogP contribution in [-0.2, 0) is 0 Å². The van der Waals surface area contributed by atoms with E-state index in [-0.39, 0.29) is 29.7 Å². The molecule has 1 atom stereocenters. The number of carbonyl (C=O) groups is 1. The van der Waals surface area contributed by atoms with Crippen molar-refractivity contribution in [3.8, 4) is 11.5 Å². The highest BCUT2D eigenvalue weighted by Crippen LogP contribution is 2.21. The molecule has 0 spiro atoms. The minimum Gasteiger partial charge on any atom is -0.508 e. The van der Waals surface area contributed by atoms with Crippen molar-refractivity contribution in [3.63, 3.8) is 0 Å². The summed E-state index contributed by atoms with van der Waals surface area (Å²) in [6, 6.07) is 3.35. The lowest BCUT2D eigenvalue weighted by atomic mass is 10.1. The molecule has 1 aromatic rings. The van der Waals surface area contributed by atoms with Crippen molar-refractivity contribution < 1.29 is 20.1 Å². The van der Waals surface area contributed by atoms with Crippen LogP contribution in [-0.4, -0.2) is 33.9 Å². The normalized spacial score (nSPS) is 12.1. The van der Waals surface area contributed by atoms with Crippen LogP contribution in [0.5, 0.6) is 11.5 Å². The van der Waals surface area contributed by atoms with Crippen LogP contribution in [0.3, 0.4) is 0 Å². The molecule has 1 aromatic carbocycles. The van der Waals surface area contributed by atoms with Crippen LogP contribution < -0.4 is 5.32 Å². The first-order valence-electron chi connectivity index (χ1n) is 5.02. The Kier molecular flexibility index (Phi) is 4.13. The summed E-state index contributed by atoms with van der Waals surface area (Å²) in [6.07, 6.45) is 0.585. The highest BCUT2D eigenvalue weighted by molar-refractivity contribution is 5.97. The molecule has 0 saturated carbocycles. The number of phenolic OH excluding ortho intramolecular Hbond substituents is 2. The number of aromatic hydroxyl groups is 2. The SMILES string of the molecule is CC[C@@H](CO)NC(=O)c1cc(O)ccc1O. The first kappa shape index (κ1) is 12.3. The average molecular weight is 225 g/mol. The van der Waals surface area contributed by atoms with E-state index < -0.39 is 5.91 Å². The van der Waals surface area contributed by atoms with Crippen molar-refractivity contribution in [2.45, 2.75) is 19.4 Å². The summed E-state index contributed by atoms with van der Waals surface area (Å²) in [5, 5.41) is 30.1. The molecule has 16 heavy (non-hydrogen) atoms. The van der Waals surface area contributed by atoms with Gasteiger partial charge in [-0.25, -0.2) is 0 Å². The third-order valence-corrected chi connectivity index (χ3v) is 2.27. The van der Waals surface area contributed by atoms with Crippen molar-refractivity contribution in [1.29, 1.82) is 0 Å². The summed E-state index contributed by atoms with van der Waals surface area (Å²) in [5.74, 6) is -0.822. The van der Waals surface area contributed by atoms with Crippen molar-refractivity contribution in [2.24, 2.45) is 0 Å². The molecular formula is C11H15NO4. The zero-order valence-corrected chi connectivity index (χ0v) is 8.97. The van der Waals surface area contributed by atoms with E-state index >= 15 is 0 Å². The molecule has 0 aliphatic rings. The van der Waals surface area contributed by atoms with Gasteiger partial charge in [0.1, 0.15) is 11.5 Å². The second-order valence-electron chi connectivity index (χ2n) is 3.46. The number of aliphatic hydroxyl groups is 1. The van der Waals surface area contributed by atoms with E-state index in [1.165, 1.54) is 18.2 Å². The summed E-state index contributed by atoms with van der Waals surface area (Å²) in [4.78, 5) is 11.7. The lowest BCUT2D eigenvalue weighted by Crippen LogP contribution is -2.36. The molecule has 0 fully saturated rings. The van der Waals surface area contributed by atoms with Gasteiger partial charge in [-0.3, -0.25) is 4.79 Å². The second kappa shape index (κ2) is 5.37. The number of hydrogen-bond acceptors (Lipinski definition) is 4. The molecule has 0 aliphatic carbocycles. The standard InChI is InChI=1S/C11H15NO4/c1-2-7(6-13)12-11(16)9-5-8(14)3-4-10(9)15/h3-5,7,13-15H,2,6H2,1H3,(H,12,16)/t7-/m0/s1. The van der Waals surface area contributed by atoms with Crippen LogP contribution in [0, 0.1) is 0 Å². The number of hydrogen-bond donors (Lipinski definition) is 4. The first-order chi connectivity index (χ1) is 7.58. The van der Waals surface area contributed by atoms with Crippen molar-refractivity contribution in [2.75, 3.05) is 6.61 Å². The monoisotopic (exact) mass is 225 g/mol. The minimum atomic E-state index is -0.519. The molecule has 1 rings (SSSR count). The quantitative estimate of drug-likeness (QED) is 0.565. The molecule has 0 radical (unpaired) electrons. The number of amides is 1. The Hall–Kier alpha value is -1.75. The highest BCUT2D eigenvalue weighted by Gasteiger charge is 2.15. The number of rotatable bonds is 4. The van der Waals surface area contributed by atoms with Crippen LogP contribution >= 0.6 is 0 Å². The maximum atomic E-state index is 11.7. The van der Waals surface area contributed by atoms with E-state index in [1.807, 2.05) is 6.92 Å². The number of aliphatic hydroxyl groups excluding tert-OH is 1. The number of carbonyl (C=O) groups excluding carboxylic acids is 1. The van der Waals surface area contributed by atoms with E-state index in [0.717, 1.165) is 0 Å². The van der Waals surface area contributed by atoms with Crippen LogP contribution in [0.1, 0.15) is 23.7 Å². The van der Waals surface area contributed by atoms with Gasteiger partial charge in [-0.2, -0.15) is 0 Å². The van der Waals surface area contributed by atoms with Gasteiger partial charge in [-0.05, 0) is 24.6 Å². The van der Waals surface area contributed by atoms with Crippen molar-refractivity contribution >= 4 is 5.91 Å². The third kappa shape index (κ3) is 2.87. The van der Waals surface area contributed by atoms with Crippen LogP contribution in [0.25, 0.3) is 0 Å². The molecule has 0 heterocycles. The van der Waals surface area contributed by atoms with E-state index in [2.05, 4.69) is 5.32 Å². The van der Waals surface area contributed by atoms with Gasteiger partial charge in [-0.15, -0.1) is 0 Å². The summed E-state index contributed by atoms with van der Waals surface area (Å²) in [5.41, 5.74) is -0.00750.